The highest BCUT2D eigenvalue weighted by Crippen LogP contribution is 2.32. The summed E-state index contributed by atoms with van der Waals surface area (Å²) in [5.74, 6) is 1.15. The van der Waals surface area contributed by atoms with Crippen molar-refractivity contribution in [1.82, 2.24) is 14.8 Å². The summed E-state index contributed by atoms with van der Waals surface area (Å²) in [7, 11) is 0. The van der Waals surface area contributed by atoms with Crippen LogP contribution in [0.25, 0.3) is 11.4 Å². The van der Waals surface area contributed by atoms with Crippen LogP contribution in [0.2, 0.25) is 0 Å². The van der Waals surface area contributed by atoms with Gasteiger partial charge in [0.2, 0.25) is 5.91 Å². The van der Waals surface area contributed by atoms with Gasteiger partial charge < -0.3 is 15.0 Å². The molecule has 0 radical (unpaired) electrons. The predicted molar refractivity (Wildman–Crippen MR) is 120 cm³/mol. The van der Waals surface area contributed by atoms with Gasteiger partial charge in [0.15, 0.2) is 11.0 Å². The van der Waals surface area contributed by atoms with E-state index in [1.165, 1.54) is 11.8 Å². The standard InChI is InChI=1S/C21H23BrN4O2S/c1-4-26-20(16-11-14(22)9-10-18(16)27)24-25-21(26)29-12-19(28)23-17-8-6-5-7-15(17)13(2)3/h5-11,13,27H,4,12H2,1-3H3,(H,23,28). The van der Waals surface area contributed by atoms with Crippen molar-refractivity contribution in [3.8, 4) is 17.1 Å². The van der Waals surface area contributed by atoms with Crippen LogP contribution in [-0.4, -0.2) is 31.5 Å². The summed E-state index contributed by atoms with van der Waals surface area (Å²) in [6.07, 6.45) is 0. The fourth-order valence-electron chi connectivity index (χ4n) is 3.00. The number of aromatic hydroxyl groups is 1. The highest BCUT2D eigenvalue weighted by molar-refractivity contribution is 9.10. The maximum absolute atomic E-state index is 12.5. The second-order valence-corrected chi connectivity index (χ2v) is 8.65. The predicted octanol–water partition coefficient (Wildman–Crippen LogP) is 5.29. The van der Waals surface area contributed by atoms with Gasteiger partial charge in [-0.25, -0.2) is 0 Å². The number of anilines is 1. The number of phenolic OH excluding ortho intramolecular Hbond substituents is 1. The molecule has 3 rings (SSSR count). The molecular formula is C21H23BrN4O2S. The van der Waals surface area contributed by atoms with Gasteiger partial charge in [-0.05, 0) is 42.7 Å². The van der Waals surface area contributed by atoms with Crippen molar-refractivity contribution in [3.63, 3.8) is 0 Å². The van der Waals surface area contributed by atoms with Gasteiger partial charge in [-0.15, -0.1) is 10.2 Å². The van der Waals surface area contributed by atoms with E-state index < -0.39 is 0 Å². The van der Waals surface area contributed by atoms with Gasteiger partial charge in [-0.3, -0.25) is 4.79 Å². The lowest BCUT2D eigenvalue weighted by Crippen LogP contribution is -2.16. The van der Waals surface area contributed by atoms with Gasteiger partial charge in [0.1, 0.15) is 5.75 Å². The lowest BCUT2D eigenvalue weighted by atomic mass is 10.0. The van der Waals surface area contributed by atoms with Gasteiger partial charge in [0.25, 0.3) is 0 Å². The average Bonchev–Trinajstić information content (AvgIpc) is 3.11. The first kappa shape index (κ1) is 21.4. The Morgan fingerprint density at radius 1 is 1.24 bits per heavy atom. The maximum Gasteiger partial charge on any atom is 0.234 e. The smallest absolute Gasteiger partial charge is 0.234 e. The Morgan fingerprint density at radius 3 is 2.72 bits per heavy atom. The van der Waals surface area contributed by atoms with Gasteiger partial charge in [0.05, 0.1) is 11.3 Å². The van der Waals surface area contributed by atoms with Crippen molar-refractivity contribution < 1.29 is 9.90 Å². The van der Waals surface area contributed by atoms with Crippen LogP contribution in [0.1, 0.15) is 32.3 Å². The molecule has 29 heavy (non-hydrogen) atoms. The summed E-state index contributed by atoms with van der Waals surface area (Å²) in [4.78, 5) is 12.5. The molecule has 0 fully saturated rings. The Kier molecular flexibility index (Phi) is 6.97. The van der Waals surface area contributed by atoms with Crippen molar-refractivity contribution in [2.75, 3.05) is 11.1 Å². The van der Waals surface area contributed by atoms with Gasteiger partial charge in [-0.2, -0.15) is 0 Å². The SMILES string of the molecule is CCn1c(SCC(=O)Nc2ccccc2C(C)C)nnc1-c1cc(Br)ccc1O. The minimum absolute atomic E-state index is 0.0967. The first-order valence-corrected chi connectivity index (χ1v) is 11.1. The Balaban J connectivity index is 1.74. The van der Waals surface area contributed by atoms with Crippen LogP contribution in [-0.2, 0) is 11.3 Å². The molecule has 0 aliphatic rings. The van der Waals surface area contributed by atoms with Crippen LogP contribution >= 0.6 is 27.7 Å². The van der Waals surface area contributed by atoms with Crippen molar-refractivity contribution in [2.45, 2.75) is 38.4 Å². The summed E-state index contributed by atoms with van der Waals surface area (Å²) >= 11 is 4.74. The third-order valence-electron chi connectivity index (χ3n) is 4.42. The molecule has 152 valence electrons. The number of halogens is 1. The monoisotopic (exact) mass is 474 g/mol. The maximum atomic E-state index is 12.5. The second-order valence-electron chi connectivity index (χ2n) is 6.79. The number of phenols is 1. The minimum Gasteiger partial charge on any atom is -0.507 e. The van der Waals surface area contributed by atoms with E-state index in [-0.39, 0.29) is 17.4 Å². The van der Waals surface area contributed by atoms with Crippen LogP contribution in [0.3, 0.4) is 0 Å². The minimum atomic E-state index is -0.0967. The number of hydrogen-bond donors (Lipinski definition) is 2. The van der Waals surface area contributed by atoms with Gasteiger partial charge in [-0.1, -0.05) is 59.7 Å². The summed E-state index contributed by atoms with van der Waals surface area (Å²) in [6.45, 7) is 6.80. The number of thioether (sulfide) groups is 1. The van der Waals surface area contributed by atoms with Crippen molar-refractivity contribution >= 4 is 39.3 Å². The zero-order chi connectivity index (χ0) is 21.0. The fraction of sp³-hybridized carbons (Fsp3) is 0.286. The number of para-hydroxylation sites is 1. The molecule has 0 unspecified atom stereocenters. The largest absolute Gasteiger partial charge is 0.507 e. The molecule has 2 N–H and O–H groups in total. The number of nitrogens with zero attached hydrogens (tertiary/aromatic N) is 3. The normalized spacial score (nSPS) is 11.1. The molecule has 0 atom stereocenters. The van der Waals surface area contributed by atoms with Crippen LogP contribution in [0, 0.1) is 0 Å². The number of hydrogen-bond acceptors (Lipinski definition) is 5. The number of amides is 1. The number of carbonyl (C=O) groups excluding carboxylic acids is 1. The summed E-state index contributed by atoms with van der Waals surface area (Å²) in [5.41, 5.74) is 2.54. The van der Waals surface area contributed by atoms with Crippen molar-refractivity contribution in [2.24, 2.45) is 0 Å². The number of benzene rings is 2. The Bertz CT molecular complexity index is 1020. The first-order chi connectivity index (χ1) is 13.9. The molecule has 0 spiro atoms. The van der Waals surface area contributed by atoms with Crippen LogP contribution in [0.5, 0.6) is 5.75 Å². The highest BCUT2D eigenvalue weighted by Gasteiger charge is 2.18. The number of carbonyl (C=O) groups is 1. The van der Waals surface area contributed by atoms with Crippen LogP contribution in [0.15, 0.2) is 52.1 Å². The molecule has 1 aromatic heterocycles. The number of nitrogens with one attached hydrogen (secondary N) is 1. The van der Waals surface area contributed by atoms with Crippen LogP contribution < -0.4 is 5.32 Å². The van der Waals surface area contributed by atoms with Gasteiger partial charge >= 0.3 is 0 Å². The molecular weight excluding hydrogens is 452 g/mol. The molecule has 3 aromatic rings. The fourth-order valence-corrected chi connectivity index (χ4v) is 4.16. The van der Waals surface area contributed by atoms with E-state index in [4.69, 9.17) is 0 Å². The van der Waals surface area contributed by atoms with E-state index in [2.05, 4.69) is 45.3 Å². The molecule has 0 saturated heterocycles. The molecule has 2 aromatic carbocycles. The molecule has 0 aliphatic heterocycles. The average molecular weight is 475 g/mol. The molecule has 6 nitrogen and oxygen atoms in total. The summed E-state index contributed by atoms with van der Waals surface area (Å²) < 4.78 is 2.73. The molecule has 8 heteroatoms. The first-order valence-electron chi connectivity index (χ1n) is 9.34. The van der Waals surface area contributed by atoms with Crippen LogP contribution in [0.4, 0.5) is 5.69 Å². The summed E-state index contributed by atoms with van der Waals surface area (Å²) in [6, 6.07) is 13.0. The van der Waals surface area contributed by atoms with E-state index in [0.29, 0.717) is 29.0 Å². The van der Waals surface area contributed by atoms with E-state index in [9.17, 15) is 9.90 Å². The topological polar surface area (TPSA) is 80.0 Å². The molecule has 1 heterocycles. The van der Waals surface area contributed by atoms with E-state index >= 15 is 0 Å². The summed E-state index contributed by atoms with van der Waals surface area (Å²) in [5, 5.41) is 22.3. The Hall–Kier alpha value is -2.32. The van der Waals surface area contributed by atoms with E-state index in [0.717, 1.165) is 15.7 Å². The number of aromatic nitrogens is 3. The third kappa shape index (κ3) is 5.00. The second kappa shape index (κ2) is 9.45. The number of rotatable bonds is 7. The quantitative estimate of drug-likeness (QED) is 0.454. The highest BCUT2D eigenvalue weighted by atomic mass is 79.9. The zero-order valence-corrected chi connectivity index (χ0v) is 18.9. The third-order valence-corrected chi connectivity index (χ3v) is 5.88. The lowest BCUT2D eigenvalue weighted by molar-refractivity contribution is -0.113. The molecule has 0 saturated carbocycles. The van der Waals surface area contributed by atoms with Crippen molar-refractivity contribution in [1.29, 1.82) is 0 Å². The Labute approximate surface area is 182 Å². The molecule has 1 amide bonds. The molecule has 0 bridgehead atoms. The van der Waals surface area contributed by atoms with E-state index in [1.807, 2.05) is 35.8 Å². The Morgan fingerprint density at radius 2 is 2.00 bits per heavy atom. The lowest BCUT2D eigenvalue weighted by Gasteiger charge is -2.13. The van der Waals surface area contributed by atoms with Gasteiger partial charge in [0, 0.05) is 16.7 Å². The molecule has 0 aliphatic carbocycles. The zero-order valence-electron chi connectivity index (χ0n) is 16.5. The van der Waals surface area contributed by atoms with Crippen molar-refractivity contribution in [3.05, 3.63) is 52.5 Å². The van der Waals surface area contributed by atoms with E-state index in [1.54, 1.807) is 18.2 Å².